The Labute approximate surface area is 214 Å². The highest BCUT2D eigenvalue weighted by molar-refractivity contribution is 7.89. The van der Waals surface area contributed by atoms with Crippen molar-refractivity contribution >= 4 is 32.6 Å². The molecule has 0 aliphatic carbocycles. The highest BCUT2D eigenvalue weighted by Crippen LogP contribution is 2.21. The lowest BCUT2D eigenvalue weighted by molar-refractivity contribution is -0.139. The number of amides is 2. The average Bonchev–Trinajstić information content (AvgIpc) is 2.87. The molecule has 0 aliphatic heterocycles. The SMILES string of the molecule is CC(C)CNC(=O)[C@H](C)N(CCc1ccccc1)C(=O)CN(C)S(=O)(=O)c1ccc2ccccc2c1. The molecule has 1 atom stereocenters. The number of carbonyl (C=O) groups excluding carboxylic acids is 2. The van der Waals surface area contributed by atoms with E-state index < -0.39 is 22.0 Å². The Balaban J connectivity index is 1.78. The van der Waals surface area contributed by atoms with Crippen LogP contribution in [0.5, 0.6) is 0 Å². The second-order valence-electron chi connectivity index (χ2n) is 9.41. The van der Waals surface area contributed by atoms with Crippen molar-refractivity contribution in [3.05, 3.63) is 78.4 Å². The zero-order valence-corrected chi connectivity index (χ0v) is 22.2. The Morgan fingerprint density at radius 1 is 0.889 bits per heavy atom. The van der Waals surface area contributed by atoms with Crippen LogP contribution in [0.4, 0.5) is 0 Å². The molecular weight excluding hydrogens is 474 g/mol. The molecule has 0 saturated heterocycles. The molecule has 0 saturated carbocycles. The van der Waals surface area contributed by atoms with Gasteiger partial charge in [0.15, 0.2) is 0 Å². The number of benzene rings is 3. The highest BCUT2D eigenvalue weighted by Gasteiger charge is 2.30. The van der Waals surface area contributed by atoms with Crippen molar-refractivity contribution in [3.63, 3.8) is 0 Å². The third-order valence-corrected chi connectivity index (χ3v) is 7.92. The summed E-state index contributed by atoms with van der Waals surface area (Å²) in [5, 5.41) is 4.61. The Morgan fingerprint density at radius 2 is 1.53 bits per heavy atom. The van der Waals surface area contributed by atoms with Crippen LogP contribution in [-0.2, 0) is 26.0 Å². The number of nitrogens with one attached hydrogen (secondary N) is 1. The summed E-state index contributed by atoms with van der Waals surface area (Å²) in [7, 11) is -2.52. The summed E-state index contributed by atoms with van der Waals surface area (Å²) in [6.45, 7) is 6.09. The summed E-state index contributed by atoms with van der Waals surface area (Å²) in [5.41, 5.74) is 1.03. The first-order chi connectivity index (χ1) is 17.1. The summed E-state index contributed by atoms with van der Waals surface area (Å²) >= 11 is 0. The van der Waals surface area contributed by atoms with Gasteiger partial charge in [-0.3, -0.25) is 9.59 Å². The molecule has 8 heteroatoms. The fraction of sp³-hybridized carbons (Fsp3) is 0.357. The zero-order valence-electron chi connectivity index (χ0n) is 21.3. The minimum absolute atomic E-state index is 0.120. The van der Waals surface area contributed by atoms with E-state index in [2.05, 4.69) is 5.32 Å². The molecule has 2 amide bonds. The normalized spacial score (nSPS) is 12.6. The summed E-state index contributed by atoms with van der Waals surface area (Å²) in [6.07, 6.45) is 0.551. The number of likely N-dealkylation sites (N-methyl/N-ethyl adjacent to an activating group) is 1. The van der Waals surface area contributed by atoms with E-state index in [0.717, 1.165) is 20.6 Å². The quantitative estimate of drug-likeness (QED) is 0.427. The summed E-state index contributed by atoms with van der Waals surface area (Å²) < 4.78 is 27.6. The number of carbonyl (C=O) groups is 2. The largest absolute Gasteiger partial charge is 0.354 e. The standard InChI is InChI=1S/C28H35N3O4S/c1-21(2)19-29-28(33)22(3)31(17-16-23-10-6-5-7-11-23)27(32)20-30(4)36(34,35)26-15-14-24-12-8-9-13-25(24)18-26/h5-15,18,21-22H,16-17,19-20H2,1-4H3,(H,29,33)/t22-/m0/s1. The number of fused-ring (bicyclic) bond motifs is 1. The highest BCUT2D eigenvalue weighted by atomic mass is 32.2. The maximum atomic E-state index is 13.4. The first kappa shape index (κ1) is 27.4. The summed E-state index contributed by atoms with van der Waals surface area (Å²) in [6, 6.07) is 21.4. The number of hydrogen-bond acceptors (Lipinski definition) is 4. The van der Waals surface area contributed by atoms with Crippen LogP contribution < -0.4 is 5.32 Å². The lowest BCUT2D eigenvalue weighted by Gasteiger charge is -2.30. The van der Waals surface area contributed by atoms with Crippen molar-refractivity contribution in [3.8, 4) is 0 Å². The molecule has 3 rings (SSSR count). The maximum Gasteiger partial charge on any atom is 0.243 e. The predicted molar refractivity (Wildman–Crippen MR) is 143 cm³/mol. The van der Waals surface area contributed by atoms with Crippen LogP contribution in [0, 0.1) is 5.92 Å². The molecule has 0 unspecified atom stereocenters. The molecule has 0 radical (unpaired) electrons. The first-order valence-corrected chi connectivity index (χ1v) is 13.6. The Bertz CT molecular complexity index is 1290. The van der Waals surface area contributed by atoms with Gasteiger partial charge in [-0.15, -0.1) is 0 Å². The first-order valence-electron chi connectivity index (χ1n) is 12.2. The van der Waals surface area contributed by atoms with Gasteiger partial charge in [0.2, 0.25) is 21.8 Å². The van der Waals surface area contributed by atoms with Gasteiger partial charge < -0.3 is 10.2 Å². The van der Waals surface area contributed by atoms with E-state index in [1.807, 2.05) is 68.4 Å². The molecule has 0 bridgehead atoms. The second-order valence-corrected chi connectivity index (χ2v) is 11.5. The van der Waals surface area contributed by atoms with Gasteiger partial charge in [0.1, 0.15) is 6.04 Å². The van der Waals surface area contributed by atoms with E-state index >= 15 is 0 Å². The molecule has 3 aromatic rings. The number of sulfonamides is 1. The smallest absolute Gasteiger partial charge is 0.243 e. The van der Waals surface area contributed by atoms with Gasteiger partial charge in [0.05, 0.1) is 11.4 Å². The lowest BCUT2D eigenvalue weighted by atomic mass is 10.1. The van der Waals surface area contributed by atoms with E-state index in [9.17, 15) is 18.0 Å². The molecule has 36 heavy (non-hydrogen) atoms. The van der Waals surface area contributed by atoms with Gasteiger partial charge in [-0.1, -0.05) is 74.5 Å². The van der Waals surface area contributed by atoms with E-state index in [4.69, 9.17) is 0 Å². The molecule has 0 aromatic heterocycles. The number of nitrogens with zero attached hydrogens (tertiary/aromatic N) is 2. The van der Waals surface area contributed by atoms with Crippen LogP contribution in [0.2, 0.25) is 0 Å². The molecule has 0 aliphatic rings. The monoisotopic (exact) mass is 509 g/mol. The van der Waals surface area contributed by atoms with Crippen molar-refractivity contribution in [2.45, 2.75) is 38.1 Å². The fourth-order valence-electron chi connectivity index (χ4n) is 3.90. The van der Waals surface area contributed by atoms with Gasteiger partial charge >= 0.3 is 0 Å². The van der Waals surface area contributed by atoms with Crippen LogP contribution in [-0.4, -0.2) is 62.2 Å². The molecule has 1 N–H and O–H groups in total. The minimum atomic E-state index is -3.91. The van der Waals surface area contributed by atoms with Crippen LogP contribution >= 0.6 is 0 Å². The number of hydrogen-bond donors (Lipinski definition) is 1. The van der Waals surface area contributed by atoms with Crippen molar-refractivity contribution in [2.24, 2.45) is 5.92 Å². The van der Waals surface area contributed by atoms with Crippen molar-refractivity contribution in [1.29, 1.82) is 0 Å². The van der Waals surface area contributed by atoms with Crippen molar-refractivity contribution in [2.75, 3.05) is 26.7 Å². The van der Waals surface area contributed by atoms with Crippen LogP contribution in [0.1, 0.15) is 26.3 Å². The third-order valence-electron chi connectivity index (χ3n) is 6.12. The van der Waals surface area contributed by atoms with Gasteiger partial charge in [-0.05, 0) is 47.7 Å². The molecule has 7 nitrogen and oxygen atoms in total. The van der Waals surface area contributed by atoms with E-state index in [1.54, 1.807) is 25.1 Å². The average molecular weight is 510 g/mol. The molecule has 0 fully saturated rings. The van der Waals surface area contributed by atoms with Gasteiger partial charge in [0, 0.05) is 20.1 Å². The molecule has 0 heterocycles. The number of rotatable bonds is 11. The van der Waals surface area contributed by atoms with E-state index in [-0.39, 0.29) is 23.3 Å². The predicted octanol–water partition coefficient (Wildman–Crippen LogP) is 3.69. The molecule has 0 spiro atoms. The van der Waals surface area contributed by atoms with Gasteiger partial charge in [-0.25, -0.2) is 8.42 Å². The zero-order chi connectivity index (χ0) is 26.3. The van der Waals surface area contributed by atoms with E-state index in [1.165, 1.54) is 11.9 Å². The summed E-state index contributed by atoms with van der Waals surface area (Å²) in [5.74, 6) is -0.414. The summed E-state index contributed by atoms with van der Waals surface area (Å²) in [4.78, 5) is 27.8. The molecular formula is C28H35N3O4S. The lowest BCUT2D eigenvalue weighted by Crippen LogP contribution is -2.52. The molecule has 3 aromatic carbocycles. The van der Waals surface area contributed by atoms with E-state index in [0.29, 0.717) is 19.5 Å². The molecule has 192 valence electrons. The van der Waals surface area contributed by atoms with Gasteiger partial charge in [0.25, 0.3) is 0 Å². The topological polar surface area (TPSA) is 86.8 Å². The van der Waals surface area contributed by atoms with Crippen LogP contribution in [0.3, 0.4) is 0 Å². The maximum absolute atomic E-state index is 13.4. The fourth-order valence-corrected chi connectivity index (χ4v) is 5.05. The van der Waals surface area contributed by atoms with Crippen molar-refractivity contribution < 1.29 is 18.0 Å². The van der Waals surface area contributed by atoms with Crippen LogP contribution in [0.15, 0.2) is 77.7 Å². The minimum Gasteiger partial charge on any atom is -0.354 e. The Kier molecular flexibility index (Phi) is 9.23. The van der Waals surface area contributed by atoms with Crippen LogP contribution in [0.25, 0.3) is 10.8 Å². The Hall–Kier alpha value is -3.23. The van der Waals surface area contributed by atoms with Gasteiger partial charge in [-0.2, -0.15) is 4.31 Å². The Morgan fingerprint density at radius 3 is 2.19 bits per heavy atom. The third kappa shape index (κ3) is 6.92. The second kappa shape index (κ2) is 12.1. The van der Waals surface area contributed by atoms with Crippen molar-refractivity contribution in [1.82, 2.24) is 14.5 Å².